The Labute approximate surface area is 104 Å². The van der Waals surface area contributed by atoms with Crippen molar-refractivity contribution in [3.05, 3.63) is 34.9 Å². The first-order chi connectivity index (χ1) is 7.95. The van der Waals surface area contributed by atoms with Crippen molar-refractivity contribution in [2.75, 3.05) is 0 Å². The SMILES string of the molecule is CC.CC(=O)c1cccc(C)c1C(C)C(C)=O. The van der Waals surface area contributed by atoms with E-state index in [9.17, 15) is 9.59 Å². The number of aryl methyl sites for hydroxylation is 1. The molecule has 94 valence electrons. The van der Waals surface area contributed by atoms with Gasteiger partial charge in [-0.3, -0.25) is 9.59 Å². The minimum atomic E-state index is -0.204. The van der Waals surface area contributed by atoms with E-state index in [4.69, 9.17) is 0 Å². The summed E-state index contributed by atoms with van der Waals surface area (Å²) in [5.41, 5.74) is 2.54. The summed E-state index contributed by atoms with van der Waals surface area (Å²) in [6.07, 6.45) is 0. The lowest BCUT2D eigenvalue weighted by Gasteiger charge is -2.15. The van der Waals surface area contributed by atoms with Crippen LogP contribution in [0.1, 0.15) is 62.0 Å². The topological polar surface area (TPSA) is 34.1 Å². The number of rotatable bonds is 3. The summed E-state index contributed by atoms with van der Waals surface area (Å²) in [6.45, 7) is 10.9. The quantitative estimate of drug-likeness (QED) is 0.743. The van der Waals surface area contributed by atoms with Crippen molar-refractivity contribution in [1.82, 2.24) is 0 Å². The van der Waals surface area contributed by atoms with Crippen LogP contribution in [0.25, 0.3) is 0 Å². The van der Waals surface area contributed by atoms with Crippen LogP contribution in [0.2, 0.25) is 0 Å². The van der Waals surface area contributed by atoms with Crippen LogP contribution in [0.3, 0.4) is 0 Å². The zero-order valence-electron chi connectivity index (χ0n) is 11.6. The fourth-order valence-electron chi connectivity index (χ4n) is 1.77. The van der Waals surface area contributed by atoms with Crippen molar-refractivity contribution >= 4 is 11.6 Å². The van der Waals surface area contributed by atoms with E-state index >= 15 is 0 Å². The van der Waals surface area contributed by atoms with Crippen molar-refractivity contribution in [2.45, 2.75) is 47.5 Å². The van der Waals surface area contributed by atoms with Crippen molar-refractivity contribution in [2.24, 2.45) is 0 Å². The molecule has 0 radical (unpaired) electrons. The third-order valence-electron chi connectivity index (χ3n) is 2.75. The summed E-state index contributed by atoms with van der Waals surface area (Å²) >= 11 is 0. The number of ketones is 2. The summed E-state index contributed by atoms with van der Waals surface area (Å²) in [5.74, 6) is -0.0984. The molecule has 0 heterocycles. The van der Waals surface area contributed by atoms with Gasteiger partial charge in [-0.25, -0.2) is 0 Å². The van der Waals surface area contributed by atoms with Crippen LogP contribution in [0.15, 0.2) is 18.2 Å². The molecule has 0 amide bonds. The second kappa shape index (κ2) is 7.00. The van der Waals surface area contributed by atoms with E-state index in [1.165, 1.54) is 6.92 Å². The molecule has 0 saturated heterocycles. The van der Waals surface area contributed by atoms with Gasteiger partial charge < -0.3 is 0 Å². The third kappa shape index (κ3) is 3.81. The van der Waals surface area contributed by atoms with E-state index in [1.54, 1.807) is 13.0 Å². The van der Waals surface area contributed by atoms with Gasteiger partial charge in [0.2, 0.25) is 0 Å². The number of benzene rings is 1. The summed E-state index contributed by atoms with van der Waals surface area (Å²) in [5, 5.41) is 0. The lowest BCUT2D eigenvalue weighted by atomic mass is 9.88. The van der Waals surface area contributed by atoms with Gasteiger partial charge in [0.15, 0.2) is 5.78 Å². The number of hydrogen-bond acceptors (Lipinski definition) is 2. The highest BCUT2D eigenvalue weighted by Crippen LogP contribution is 2.24. The molecule has 1 atom stereocenters. The third-order valence-corrected chi connectivity index (χ3v) is 2.75. The zero-order valence-corrected chi connectivity index (χ0v) is 11.6. The van der Waals surface area contributed by atoms with Crippen LogP contribution in [0.4, 0.5) is 0 Å². The molecule has 1 rings (SSSR count). The maximum atomic E-state index is 11.4. The van der Waals surface area contributed by atoms with Crippen LogP contribution in [-0.4, -0.2) is 11.6 Å². The molecule has 0 aliphatic carbocycles. The van der Waals surface area contributed by atoms with Crippen molar-refractivity contribution in [1.29, 1.82) is 0 Å². The molecule has 1 unspecified atom stereocenters. The largest absolute Gasteiger partial charge is 0.299 e. The normalized spacial score (nSPS) is 11.2. The first-order valence-corrected chi connectivity index (χ1v) is 6.06. The molecular formula is C15H22O2. The predicted octanol–water partition coefficient (Wildman–Crippen LogP) is 3.92. The van der Waals surface area contributed by atoms with E-state index in [2.05, 4.69) is 0 Å². The zero-order chi connectivity index (χ0) is 13.6. The Bertz CT molecular complexity index is 405. The van der Waals surface area contributed by atoms with Gasteiger partial charge in [-0.1, -0.05) is 39.0 Å². The molecule has 0 aliphatic rings. The molecule has 1 aromatic rings. The van der Waals surface area contributed by atoms with Crippen LogP contribution >= 0.6 is 0 Å². The van der Waals surface area contributed by atoms with E-state index in [-0.39, 0.29) is 17.5 Å². The standard InChI is InChI=1S/C13H16O2.C2H6/c1-8-6-5-7-12(11(4)15)13(8)9(2)10(3)14;1-2/h5-7,9H,1-4H3;1-2H3. The monoisotopic (exact) mass is 234 g/mol. The molecule has 2 heteroatoms. The average Bonchev–Trinajstić information content (AvgIpc) is 2.30. The molecule has 17 heavy (non-hydrogen) atoms. The molecular weight excluding hydrogens is 212 g/mol. The van der Waals surface area contributed by atoms with Gasteiger partial charge in [-0.2, -0.15) is 0 Å². The second-order valence-electron chi connectivity index (χ2n) is 3.92. The molecule has 0 saturated carbocycles. The maximum absolute atomic E-state index is 11.4. The first-order valence-electron chi connectivity index (χ1n) is 6.06. The Morgan fingerprint density at radius 1 is 1.12 bits per heavy atom. The van der Waals surface area contributed by atoms with Crippen molar-refractivity contribution in [3.63, 3.8) is 0 Å². The van der Waals surface area contributed by atoms with Gasteiger partial charge in [-0.05, 0) is 31.9 Å². The second-order valence-corrected chi connectivity index (χ2v) is 3.92. The van der Waals surface area contributed by atoms with Crippen molar-refractivity contribution in [3.8, 4) is 0 Å². The summed E-state index contributed by atoms with van der Waals surface area (Å²) in [6, 6.07) is 5.56. The van der Waals surface area contributed by atoms with Gasteiger partial charge in [-0.15, -0.1) is 0 Å². The molecule has 0 N–H and O–H groups in total. The smallest absolute Gasteiger partial charge is 0.160 e. The van der Waals surface area contributed by atoms with Gasteiger partial charge in [0, 0.05) is 11.5 Å². The van der Waals surface area contributed by atoms with Crippen LogP contribution in [0.5, 0.6) is 0 Å². The Hall–Kier alpha value is -1.44. The number of hydrogen-bond donors (Lipinski definition) is 0. The Balaban J connectivity index is 0.00000121. The Kier molecular flexibility index (Phi) is 6.40. The highest BCUT2D eigenvalue weighted by atomic mass is 16.1. The van der Waals surface area contributed by atoms with E-state index in [1.807, 2.05) is 39.8 Å². The minimum absolute atomic E-state index is 0.0156. The fourth-order valence-corrected chi connectivity index (χ4v) is 1.77. The number of carbonyl (C=O) groups is 2. The van der Waals surface area contributed by atoms with Gasteiger partial charge in [0.05, 0.1) is 0 Å². The van der Waals surface area contributed by atoms with E-state index < -0.39 is 0 Å². The molecule has 0 aliphatic heterocycles. The van der Waals surface area contributed by atoms with Crippen LogP contribution in [-0.2, 0) is 4.79 Å². The van der Waals surface area contributed by atoms with Gasteiger partial charge >= 0.3 is 0 Å². The first kappa shape index (κ1) is 15.6. The minimum Gasteiger partial charge on any atom is -0.299 e. The average molecular weight is 234 g/mol. The highest BCUT2D eigenvalue weighted by Gasteiger charge is 2.18. The lowest BCUT2D eigenvalue weighted by Crippen LogP contribution is -2.11. The highest BCUT2D eigenvalue weighted by molar-refractivity contribution is 5.98. The van der Waals surface area contributed by atoms with Crippen LogP contribution < -0.4 is 0 Å². The fraction of sp³-hybridized carbons (Fsp3) is 0.467. The maximum Gasteiger partial charge on any atom is 0.160 e. The molecule has 2 nitrogen and oxygen atoms in total. The predicted molar refractivity (Wildman–Crippen MR) is 71.6 cm³/mol. The van der Waals surface area contributed by atoms with Gasteiger partial charge in [0.1, 0.15) is 5.78 Å². The Morgan fingerprint density at radius 2 is 1.65 bits per heavy atom. The summed E-state index contributed by atoms with van der Waals surface area (Å²) in [7, 11) is 0. The molecule has 0 fully saturated rings. The van der Waals surface area contributed by atoms with Crippen molar-refractivity contribution < 1.29 is 9.59 Å². The summed E-state index contributed by atoms with van der Waals surface area (Å²) < 4.78 is 0. The number of Topliss-reactive ketones (excluding diaryl/α,β-unsaturated/α-hetero) is 2. The van der Waals surface area contributed by atoms with E-state index in [0.717, 1.165) is 11.1 Å². The molecule has 0 spiro atoms. The van der Waals surface area contributed by atoms with Crippen LogP contribution in [0, 0.1) is 6.92 Å². The Morgan fingerprint density at radius 3 is 2.06 bits per heavy atom. The molecule has 0 bridgehead atoms. The molecule has 0 aromatic heterocycles. The van der Waals surface area contributed by atoms with Gasteiger partial charge in [0.25, 0.3) is 0 Å². The lowest BCUT2D eigenvalue weighted by molar-refractivity contribution is -0.118. The molecule has 1 aromatic carbocycles. The summed E-state index contributed by atoms with van der Waals surface area (Å²) in [4.78, 5) is 22.8. The number of carbonyl (C=O) groups excluding carboxylic acids is 2. The van der Waals surface area contributed by atoms with E-state index in [0.29, 0.717) is 5.56 Å².